The standard InChI is InChI=1S/C38H49N9O6/c39-28(13-7-19-43-38(41)42)37(53)47-20-8-14-32(47)36(52)46-31(23-25-11-5-2-6-12-25)35(51)45-30(22-24-9-3-1-4-10-24)34(50)44-29(33(40)49)21-26-15-17-27(48)18-16-26/h1-6,9-12,15-18,28-32,48H,7-8,13-14,19-23,39H2,(H2,40,49)(H,44,50)(H,45,51)(H,46,52)(H4,41,42,43)/t28-,29-,30-,31-,32-/m0/s1. The van der Waals surface area contributed by atoms with Gasteiger partial charge in [-0.3, -0.25) is 29.0 Å². The Morgan fingerprint density at radius 2 is 1.25 bits per heavy atom. The molecule has 5 amide bonds. The first-order valence-electron chi connectivity index (χ1n) is 17.6. The molecule has 0 bridgehead atoms. The van der Waals surface area contributed by atoms with Crippen LogP contribution in [0.25, 0.3) is 0 Å². The summed E-state index contributed by atoms with van der Waals surface area (Å²) < 4.78 is 0. The molecule has 15 heteroatoms. The lowest BCUT2D eigenvalue weighted by Gasteiger charge is -2.29. The van der Waals surface area contributed by atoms with Crippen LogP contribution in [0.1, 0.15) is 42.4 Å². The summed E-state index contributed by atoms with van der Waals surface area (Å²) in [5.74, 6) is -2.99. The van der Waals surface area contributed by atoms with Gasteiger partial charge in [-0.2, -0.15) is 0 Å². The summed E-state index contributed by atoms with van der Waals surface area (Å²) >= 11 is 0. The molecule has 4 rings (SSSR count). The molecule has 1 heterocycles. The molecule has 12 N–H and O–H groups in total. The fourth-order valence-electron chi connectivity index (χ4n) is 6.18. The molecule has 15 nitrogen and oxygen atoms in total. The molecule has 5 atom stereocenters. The Kier molecular flexibility index (Phi) is 14.7. The van der Waals surface area contributed by atoms with Gasteiger partial charge in [0, 0.05) is 32.4 Å². The Bertz CT molecular complexity index is 1720. The number of hydrogen-bond donors (Lipinski definition) is 8. The Labute approximate surface area is 308 Å². The summed E-state index contributed by atoms with van der Waals surface area (Å²) in [7, 11) is 0. The van der Waals surface area contributed by atoms with E-state index < -0.39 is 53.8 Å². The summed E-state index contributed by atoms with van der Waals surface area (Å²) in [6, 6.07) is 19.1. The SMILES string of the molecule is NC(=O)[C@H](Cc1ccc(O)cc1)NC(=O)[C@H](Cc1ccccc1)NC(=O)[C@H](Cc1ccccc1)NC(=O)[C@@H]1CCCN1C(=O)[C@@H](N)CCCN=C(N)N. The van der Waals surface area contributed by atoms with Crippen molar-refractivity contribution in [1.29, 1.82) is 0 Å². The molecule has 282 valence electrons. The van der Waals surface area contributed by atoms with Crippen LogP contribution >= 0.6 is 0 Å². The minimum absolute atomic E-state index is 0.0444. The zero-order chi connectivity index (χ0) is 38.3. The van der Waals surface area contributed by atoms with Crippen molar-refractivity contribution in [2.24, 2.45) is 27.9 Å². The van der Waals surface area contributed by atoms with Gasteiger partial charge in [-0.05, 0) is 54.5 Å². The number of nitrogens with zero attached hydrogens (tertiary/aromatic N) is 2. The number of carbonyl (C=O) groups excluding carboxylic acids is 5. The highest BCUT2D eigenvalue weighted by Crippen LogP contribution is 2.20. The fourth-order valence-corrected chi connectivity index (χ4v) is 6.18. The lowest BCUT2D eigenvalue weighted by molar-refractivity contribution is -0.140. The van der Waals surface area contributed by atoms with Crippen LogP contribution in [0, 0.1) is 0 Å². The van der Waals surface area contributed by atoms with E-state index in [0.717, 1.165) is 11.1 Å². The van der Waals surface area contributed by atoms with Gasteiger partial charge in [-0.15, -0.1) is 0 Å². The van der Waals surface area contributed by atoms with Crippen molar-refractivity contribution in [3.05, 3.63) is 102 Å². The number of rotatable bonds is 18. The van der Waals surface area contributed by atoms with E-state index in [9.17, 15) is 29.1 Å². The van der Waals surface area contributed by atoms with E-state index in [4.69, 9.17) is 22.9 Å². The first-order valence-corrected chi connectivity index (χ1v) is 17.6. The topological polar surface area (TPSA) is 261 Å². The third kappa shape index (κ3) is 12.3. The van der Waals surface area contributed by atoms with Crippen LogP contribution in [-0.4, -0.2) is 88.8 Å². The summed E-state index contributed by atoms with van der Waals surface area (Å²) in [5, 5.41) is 18.0. The number of phenolic OH excluding ortho intramolecular Hbond substituents is 1. The number of hydrogen-bond acceptors (Lipinski definition) is 8. The molecule has 0 radical (unpaired) electrons. The zero-order valence-electron chi connectivity index (χ0n) is 29.5. The van der Waals surface area contributed by atoms with Gasteiger partial charge in [0.15, 0.2) is 5.96 Å². The lowest BCUT2D eigenvalue weighted by atomic mass is 10.0. The monoisotopic (exact) mass is 727 g/mol. The minimum Gasteiger partial charge on any atom is -0.508 e. The van der Waals surface area contributed by atoms with E-state index in [-0.39, 0.29) is 36.9 Å². The van der Waals surface area contributed by atoms with E-state index in [1.165, 1.54) is 17.0 Å². The van der Waals surface area contributed by atoms with E-state index in [2.05, 4.69) is 20.9 Å². The molecule has 1 saturated heterocycles. The molecule has 1 fully saturated rings. The molecule has 1 aliphatic rings. The van der Waals surface area contributed by atoms with Crippen LogP contribution in [0.3, 0.4) is 0 Å². The molecule has 0 aliphatic carbocycles. The van der Waals surface area contributed by atoms with Crippen LogP contribution in [0.4, 0.5) is 0 Å². The van der Waals surface area contributed by atoms with Gasteiger partial charge in [-0.1, -0.05) is 72.8 Å². The molecule has 0 saturated carbocycles. The lowest BCUT2D eigenvalue weighted by Crippen LogP contribution is -2.59. The Morgan fingerprint density at radius 3 is 1.79 bits per heavy atom. The van der Waals surface area contributed by atoms with Gasteiger partial charge in [-0.25, -0.2) is 0 Å². The second kappa shape index (κ2) is 19.6. The average molecular weight is 728 g/mol. The molecule has 1 aliphatic heterocycles. The number of carbonyl (C=O) groups is 5. The second-order valence-electron chi connectivity index (χ2n) is 13.1. The molecular formula is C38H49N9O6. The number of benzene rings is 3. The Hall–Kier alpha value is -5.96. The number of nitrogens with two attached hydrogens (primary N) is 4. The molecule has 3 aromatic carbocycles. The smallest absolute Gasteiger partial charge is 0.243 e. The number of amides is 5. The maximum Gasteiger partial charge on any atom is 0.243 e. The molecule has 0 spiro atoms. The summed E-state index contributed by atoms with van der Waals surface area (Å²) in [6.07, 6.45) is 1.96. The number of nitrogens with one attached hydrogen (secondary N) is 3. The third-order valence-electron chi connectivity index (χ3n) is 8.99. The van der Waals surface area contributed by atoms with Crippen molar-refractivity contribution < 1.29 is 29.1 Å². The summed E-state index contributed by atoms with van der Waals surface area (Å²) in [5.41, 5.74) is 24.7. The Balaban J connectivity index is 1.52. The van der Waals surface area contributed by atoms with Crippen LogP contribution in [0.15, 0.2) is 89.9 Å². The predicted molar refractivity (Wildman–Crippen MR) is 200 cm³/mol. The maximum atomic E-state index is 14.1. The van der Waals surface area contributed by atoms with Gasteiger partial charge in [0.05, 0.1) is 6.04 Å². The largest absolute Gasteiger partial charge is 0.508 e. The van der Waals surface area contributed by atoms with E-state index in [0.29, 0.717) is 44.3 Å². The Morgan fingerprint density at radius 1 is 0.736 bits per heavy atom. The van der Waals surface area contributed by atoms with Gasteiger partial charge in [0.2, 0.25) is 29.5 Å². The first-order chi connectivity index (χ1) is 25.4. The molecule has 3 aromatic rings. The molecule has 0 unspecified atom stereocenters. The van der Waals surface area contributed by atoms with Crippen LogP contribution < -0.4 is 38.9 Å². The summed E-state index contributed by atoms with van der Waals surface area (Å²) in [6.45, 7) is 0.646. The van der Waals surface area contributed by atoms with Crippen molar-refractivity contribution in [3.63, 3.8) is 0 Å². The van der Waals surface area contributed by atoms with Crippen LogP contribution in [-0.2, 0) is 43.2 Å². The van der Waals surface area contributed by atoms with Gasteiger partial charge < -0.3 is 48.9 Å². The third-order valence-corrected chi connectivity index (χ3v) is 8.99. The highest BCUT2D eigenvalue weighted by atomic mass is 16.3. The first kappa shape index (κ1) is 39.8. The van der Waals surface area contributed by atoms with E-state index in [1.54, 1.807) is 36.4 Å². The summed E-state index contributed by atoms with van der Waals surface area (Å²) in [4.78, 5) is 72.9. The van der Waals surface area contributed by atoms with Crippen molar-refractivity contribution in [2.75, 3.05) is 13.1 Å². The van der Waals surface area contributed by atoms with Crippen LogP contribution in [0.5, 0.6) is 5.75 Å². The predicted octanol–water partition coefficient (Wildman–Crippen LogP) is -0.268. The molecule has 0 aromatic heterocycles. The second-order valence-corrected chi connectivity index (χ2v) is 13.1. The quantitative estimate of drug-likeness (QED) is 0.0487. The number of aromatic hydroxyl groups is 1. The average Bonchev–Trinajstić information content (AvgIpc) is 3.64. The van der Waals surface area contributed by atoms with E-state index >= 15 is 0 Å². The van der Waals surface area contributed by atoms with Crippen molar-refractivity contribution in [3.8, 4) is 5.75 Å². The molecular weight excluding hydrogens is 678 g/mol. The highest BCUT2D eigenvalue weighted by molar-refractivity contribution is 5.96. The van der Waals surface area contributed by atoms with Crippen molar-refractivity contribution in [2.45, 2.75) is 75.2 Å². The number of likely N-dealkylation sites (tertiary alicyclic amines) is 1. The van der Waals surface area contributed by atoms with Crippen molar-refractivity contribution >= 4 is 35.5 Å². The van der Waals surface area contributed by atoms with Crippen molar-refractivity contribution in [1.82, 2.24) is 20.9 Å². The molecule has 53 heavy (non-hydrogen) atoms. The van der Waals surface area contributed by atoms with E-state index in [1.807, 2.05) is 36.4 Å². The van der Waals surface area contributed by atoms with Gasteiger partial charge >= 0.3 is 0 Å². The fraction of sp³-hybridized carbons (Fsp3) is 0.368. The number of phenols is 1. The number of guanidine groups is 1. The zero-order valence-corrected chi connectivity index (χ0v) is 29.5. The minimum atomic E-state index is -1.16. The van der Waals surface area contributed by atoms with Crippen LogP contribution in [0.2, 0.25) is 0 Å². The van der Waals surface area contributed by atoms with Gasteiger partial charge in [0.25, 0.3) is 0 Å². The maximum absolute atomic E-state index is 14.1. The highest BCUT2D eigenvalue weighted by Gasteiger charge is 2.38. The number of primary amides is 1. The van der Waals surface area contributed by atoms with Gasteiger partial charge in [0.1, 0.15) is 29.9 Å². The number of aliphatic imine (C=N–C) groups is 1. The normalized spacial score (nSPS) is 16.0.